The Balaban J connectivity index is 1.78. The van der Waals surface area contributed by atoms with Crippen molar-refractivity contribution in [1.82, 2.24) is 5.32 Å². The van der Waals surface area contributed by atoms with E-state index in [-0.39, 0.29) is 29.0 Å². The highest BCUT2D eigenvalue weighted by molar-refractivity contribution is 5.98. The van der Waals surface area contributed by atoms with Gasteiger partial charge in [0.05, 0.1) is 16.6 Å². The van der Waals surface area contributed by atoms with Gasteiger partial charge in [-0.05, 0) is 51.7 Å². The molecule has 1 aromatic rings. The number of nitrogens with zero attached hydrogens (tertiary/aromatic N) is 1. The lowest BCUT2D eigenvalue weighted by Crippen LogP contribution is -2.36. The predicted octanol–water partition coefficient (Wildman–Crippen LogP) is 4.18. The Morgan fingerprint density at radius 2 is 2.00 bits per heavy atom. The van der Waals surface area contributed by atoms with Gasteiger partial charge in [-0.15, -0.1) is 0 Å². The number of carbonyl (C=O) groups excluding carboxylic acids is 2. The molecule has 0 spiro atoms. The maximum atomic E-state index is 12.0. The van der Waals surface area contributed by atoms with Gasteiger partial charge in [-0.1, -0.05) is 19.3 Å². The standard InChI is InChI=1S/C20H28N2O5/c1-14(7-6-10-20(24)21-16-8-4-3-5-9-16)27-17-11-12-19(22(25)26)18(13-17)15(2)23/h11-14,16H,3-10H2,1-2H3,(H,21,24). The number of hydrogen-bond acceptors (Lipinski definition) is 5. The molecule has 1 saturated carbocycles. The molecule has 27 heavy (non-hydrogen) atoms. The fraction of sp³-hybridized carbons (Fsp3) is 0.600. The zero-order valence-corrected chi connectivity index (χ0v) is 16.0. The minimum atomic E-state index is -0.575. The van der Waals surface area contributed by atoms with E-state index in [1.54, 1.807) is 0 Å². The summed E-state index contributed by atoms with van der Waals surface area (Å²) in [5.41, 5.74) is -0.182. The molecule has 1 aromatic carbocycles. The summed E-state index contributed by atoms with van der Waals surface area (Å²) in [5, 5.41) is 14.1. The smallest absolute Gasteiger partial charge is 0.280 e. The molecule has 0 aliphatic heterocycles. The Hall–Kier alpha value is -2.44. The minimum absolute atomic E-state index is 0.0385. The molecule has 0 aromatic heterocycles. The summed E-state index contributed by atoms with van der Waals surface area (Å²) in [5.74, 6) is 0.132. The number of benzene rings is 1. The highest BCUT2D eigenvalue weighted by Crippen LogP contribution is 2.26. The number of rotatable bonds is 9. The van der Waals surface area contributed by atoms with Crippen LogP contribution in [0.25, 0.3) is 0 Å². The van der Waals surface area contributed by atoms with Gasteiger partial charge in [0.25, 0.3) is 5.69 Å². The first-order valence-corrected chi connectivity index (χ1v) is 9.62. The van der Waals surface area contributed by atoms with Crippen LogP contribution in [0.2, 0.25) is 0 Å². The summed E-state index contributed by atoms with van der Waals surface area (Å²) in [6.45, 7) is 3.17. The average molecular weight is 376 g/mol. The van der Waals surface area contributed by atoms with Crippen LogP contribution >= 0.6 is 0 Å². The lowest BCUT2D eigenvalue weighted by molar-refractivity contribution is -0.385. The topological polar surface area (TPSA) is 98.5 Å². The molecule has 1 atom stereocenters. The molecule has 7 heteroatoms. The monoisotopic (exact) mass is 376 g/mol. The molecule has 1 amide bonds. The van der Waals surface area contributed by atoms with Crippen molar-refractivity contribution < 1.29 is 19.2 Å². The molecule has 0 bridgehead atoms. The zero-order valence-electron chi connectivity index (χ0n) is 16.0. The largest absolute Gasteiger partial charge is 0.491 e. The van der Waals surface area contributed by atoms with Gasteiger partial charge < -0.3 is 10.1 Å². The number of hydrogen-bond donors (Lipinski definition) is 1. The lowest BCUT2D eigenvalue weighted by Gasteiger charge is -2.22. The van der Waals surface area contributed by atoms with Crippen LogP contribution in [-0.4, -0.2) is 28.8 Å². The van der Waals surface area contributed by atoms with E-state index in [0.717, 1.165) is 12.8 Å². The van der Waals surface area contributed by atoms with Crippen LogP contribution in [0.3, 0.4) is 0 Å². The maximum Gasteiger partial charge on any atom is 0.280 e. The highest BCUT2D eigenvalue weighted by Gasteiger charge is 2.19. The van der Waals surface area contributed by atoms with Crippen molar-refractivity contribution in [3.05, 3.63) is 33.9 Å². The molecule has 0 saturated heterocycles. The van der Waals surface area contributed by atoms with Crippen LogP contribution in [0.5, 0.6) is 5.75 Å². The number of amides is 1. The van der Waals surface area contributed by atoms with Crippen LogP contribution in [0.1, 0.15) is 75.6 Å². The van der Waals surface area contributed by atoms with Gasteiger partial charge in [0.2, 0.25) is 5.91 Å². The van der Waals surface area contributed by atoms with Crippen LogP contribution < -0.4 is 10.1 Å². The lowest BCUT2D eigenvalue weighted by atomic mass is 9.95. The number of nitro benzene ring substituents is 1. The van der Waals surface area contributed by atoms with Gasteiger partial charge in [0.15, 0.2) is 5.78 Å². The summed E-state index contributed by atoms with van der Waals surface area (Å²) in [6, 6.07) is 4.52. The molecule has 0 heterocycles. The summed E-state index contributed by atoms with van der Waals surface area (Å²) in [7, 11) is 0. The van der Waals surface area contributed by atoms with Gasteiger partial charge in [-0.25, -0.2) is 0 Å². The Morgan fingerprint density at radius 3 is 2.63 bits per heavy atom. The summed E-state index contributed by atoms with van der Waals surface area (Å²) in [6.07, 6.45) is 7.47. The van der Waals surface area contributed by atoms with E-state index in [9.17, 15) is 19.7 Å². The van der Waals surface area contributed by atoms with E-state index in [0.29, 0.717) is 31.1 Å². The first-order valence-electron chi connectivity index (χ1n) is 9.62. The zero-order chi connectivity index (χ0) is 19.8. The number of nitro groups is 1. The Kier molecular flexibility index (Phi) is 7.76. The van der Waals surface area contributed by atoms with Gasteiger partial charge in [0, 0.05) is 18.5 Å². The van der Waals surface area contributed by atoms with Crippen molar-refractivity contribution in [3.8, 4) is 5.75 Å². The molecule has 2 rings (SSSR count). The fourth-order valence-corrected chi connectivity index (χ4v) is 3.42. The number of nitrogens with one attached hydrogen (secondary N) is 1. The Morgan fingerprint density at radius 1 is 1.30 bits per heavy atom. The molecule has 1 N–H and O–H groups in total. The quantitative estimate of drug-likeness (QED) is 0.396. The second kappa shape index (κ2) is 10.0. The van der Waals surface area contributed by atoms with E-state index in [1.807, 2.05) is 6.92 Å². The number of Topliss-reactive ketones (excluding diaryl/α,β-unsaturated/α-hetero) is 1. The average Bonchev–Trinajstić information content (AvgIpc) is 2.62. The van der Waals surface area contributed by atoms with Crippen LogP contribution in [0.15, 0.2) is 18.2 Å². The van der Waals surface area contributed by atoms with Crippen molar-refractivity contribution in [2.24, 2.45) is 0 Å². The summed E-state index contributed by atoms with van der Waals surface area (Å²) < 4.78 is 5.77. The first-order chi connectivity index (χ1) is 12.9. The molecule has 0 radical (unpaired) electrons. The first kappa shape index (κ1) is 20.9. The fourth-order valence-electron chi connectivity index (χ4n) is 3.42. The van der Waals surface area contributed by atoms with Crippen LogP contribution in [0.4, 0.5) is 5.69 Å². The number of ketones is 1. The van der Waals surface area contributed by atoms with E-state index in [4.69, 9.17) is 4.74 Å². The van der Waals surface area contributed by atoms with Crippen molar-refractivity contribution in [1.29, 1.82) is 0 Å². The van der Waals surface area contributed by atoms with Crippen molar-refractivity contribution in [2.45, 2.75) is 77.4 Å². The van der Waals surface area contributed by atoms with Crippen molar-refractivity contribution >= 4 is 17.4 Å². The molecular formula is C20H28N2O5. The molecule has 1 fully saturated rings. The Labute approximate surface area is 159 Å². The second-order valence-corrected chi connectivity index (χ2v) is 7.22. The third-order valence-electron chi connectivity index (χ3n) is 4.87. The SMILES string of the molecule is CC(=O)c1cc(OC(C)CCCC(=O)NC2CCCCC2)ccc1[N+](=O)[O-]. The van der Waals surface area contributed by atoms with Gasteiger partial charge >= 0.3 is 0 Å². The molecule has 7 nitrogen and oxygen atoms in total. The minimum Gasteiger partial charge on any atom is -0.491 e. The van der Waals surface area contributed by atoms with E-state index in [1.165, 1.54) is 44.4 Å². The van der Waals surface area contributed by atoms with E-state index >= 15 is 0 Å². The summed E-state index contributed by atoms with van der Waals surface area (Å²) >= 11 is 0. The normalized spacial score (nSPS) is 15.8. The third-order valence-corrected chi connectivity index (χ3v) is 4.87. The Bertz CT molecular complexity index is 683. The molecular weight excluding hydrogens is 348 g/mol. The molecule has 1 aliphatic rings. The van der Waals surface area contributed by atoms with Gasteiger partial charge in [-0.3, -0.25) is 19.7 Å². The third kappa shape index (κ3) is 6.66. The molecule has 1 aliphatic carbocycles. The maximum absolute atomic E-state index is 12.0. The number of carbonyl (C=O) groups is 2. The van der Waals surface area contributed by atoms with E-state index < -0.39 is 4.92 Å². The van der Waals surface area contributed by atoms with Gasteiger partial charge in [0.1, 0.15) is 5.75 Å². The van der Waals surface area contributed by atoms with Crippen LogP contribution in [-0.2, 0) is 4.79 Å². The van der Waals surface area contributed by atoms with Crippen molar-refractivity contribution in [2.75, 3.05) is 0 Å². The van der Waals surface area contributed by atoms with Crippen LogP contribution in [0, 0.1) is 10.1 Å². The summed E-state index contributed by atoms with van der Waals surface area (Å²) in [4.78, 5) is 34.0. The molecule has 1 unspecified atom stereocenters. The predicted molar refractivity (Wildman–Crippen MR) is 102 cm³/mol. The van der Waals surface area contributed by atoms with Crippen molar-refractivity contribution in [3.63, 3.8) is 0 Å². The molecule has 148 valence electrons. The second-order valence-electron chi connectivity index (χ2n) is 7.22. The van der Waals surface area contributed by atoms with Gasteiger partial charge in [-0.2, -0.15) is 0 Å². The highest BCUT2D eigenvalue weighted by atomic mass is 16.6. The number of ether oxygens (including phenoxy) is 1. The van der Waals surface area contributed by atoms with E-state index in [2.05, 4.69) is 5.32 Å².